The third-order valence-corrected chi connectivity index (χ3v) is 8.30. The fourth-order valence-electron chi connectivity index (χ4n) is 5.48. The van der Waals surface area contributed by atoms with Crippen LogP contribution in [0.4, 0.5) is 45.5 Å². The highest BCUT2D eigenvalue weighted by Gasteiger charge is 2.17. The van der Waals surface area contributed by atoms with Gasteiger partial charge in [-0.15, -0.1) is 13.2 Å². The van der Waals surface area contributed by atoms with E-state index in [1.54, 1.807) is 0 Å². The second kappa shape index (κ2) is 15.2. The Morgan fingerprint density at radius 2 is 0.935 bits per heavy atom. The van der Waals surface area contributed by atoms with Crippen LogP contribution in [-0.4, -0.2) is 53.4 Å². The number of nitrogens with zero attached hydrogens (tertiary/aromatic N) is 8. The highest BCUT2D eigenvalue weighted by molar-refractivity contribution is 5.60. The summed E-state index contributed by atoms with van der Waals surface area (Å²) in [5.41, 5.74) is 10.3. The number of likely N-dealkylation sites (N-methyl/N-ethyl adjacent to an activating group) is 2. The summed E-state index contributed by atoms with van der Waals surface area (Å²) in [5.74, 6) is 0. The third kappa shape index (κ3) is 8.07. The van der Waals surface area contributed by atoms with Gasteiger partial charge in [0.25, 0.3) is 0 Å². The van der Waals surface area contributed by atoms with E-state index in [-0.39, 0.29) is 0 Å². The van der Waals surface area contributed by atoms with Gasteiger partial charge < -0.3 is 19.6 Å². The summed E-state index contributed by atoms with van der Waals surface area (Å²) in [5, 5.41) is 18.0. The third-order valence-electron chi connectivity index (χ3n) is 8.30. The van der Waals surface area contributed by atoms with Crippen LogP contribution >= 0.6 is 0 Å². The van der Waals surface area contributed by atoms with Crippen LogP contribution in [0.1, 0.15) is 11.1 Å². The summed E-state index contributed by atoms with van der Waals surface area (Å²) < 4.78 is 0. The van der Waals surface area contributed by atoms with Crippen LogP contribution in [0.15, 0.2) is 131 Å². The minimum atomic E-state index is 0.800. The molecule has 1 aliphatic heterocycles. The van der Waals surface area contributed by atoms with Crippen LogP contribution in [0.3, 0.4) is 0 Å². The second-order valence-electron chi connectivity index (χ2n) is 11.7. The number of hydrogen-bond donors (Lipinski definition) is 0. The maximum Gasteiger partial charge on any atom is 0.0887 e. The maximum absolute atomic E-state index is 4.51. The van der Waals surface area contributed by atoms with E-state index < -0.39 is 0 Å². The van der Waals surface area contributed by atoms with Crippen molar-refractivity contribution in [1.29, 1.82) is 0 Å². The van der Waals surface area contributed by atoms with E-state index in [1.807, 2.05) is 48.6 Å². The van der Waals surface area contributed by atoms with Crippen LogP contribution < -0.4 is 19.6 Å². The molecular weight excluding hydrogens is 568 g/mol. The van der Waals surface area contributed by atoms with E-state index in [0.29, 0.717) is 0 Å². The van der Waals surface area contributed by atoms with Crippen molar-refractivity contribution in [2.75, 3.05) is 73.0 Å². The maximum atomic E-state index is 4.51. The van der Waals surface area contributed by atoms with Crippen LogP contribution in [-0.2, 0) is 0 Å². The number of aryl methyl sites for hydroxylation is 2. The normalized spacial score (nSPS) is 13.4. The molecule has 4 aromatic rings. The molecule has 1 saturated heterocycles. The fraction of sp³-hybridized carbons (Fsp3) is 0.263. The second-order valence-corrected chi connectivity index (χ2v) is 11.7. The molecule has 0 bridgehead atoms. The molecule has 0 spiro atoms. The van der Waals surface area contributed by atoms with Gasteiger partial charge in [-0.1, -0.05) is 12.2 Å². The van der Waals surface area contributed by atoms with Gasteiger partial charge in [0.05, 0.1) is 22.7 Å². The van der Waals surface area contributed by atoms with Crippen molar-refractivity contribution in [2.24, 2.45) is 20.5 Å². The smallest absolute Gasteiger partial charge is 0.0887 e. The van der Waals surface area contributed by atoms with Crippen molar-refractivity contribution in [1.82, 2.24) is 0 Å². The zero-order valence-corrected chi connectivity index (χ0v) is 27.5. The lowest BCUT2D eigenvalue weighted by Crippen LogP contribution is -2.46. The highest BCUT2D eigenvalue weighted by Crippen LogP contribution is 2.30. The van der Waals surface area contributed by atoms with Gasteiger partial charge in [0, 0.05) is 76.1 Å². The number of piperazine rings is 1. The molecule has 1 fully saturated rings. The lowest BCUT2D eigenvalue weighted by Gasteiger charge is -2.37. The lowest BCUT2D eigenvalue weighted by atomic mass is 10.1. The molecule has 0 aliphatic carbocycles. The number of azo groups is 2. The first kappa shape index (κ1) is 32.2. The van der Waals surface area contributed by atoms with Crippen molar-refractivity contribution in [3.8, 4) is 0 Å². The minimum absolute atomic E-state index is 0.800. The summed E-state index contributed by atoms with van der Waals surface area (Å²) >= 11 is 0. The summed E-state index contributed by atoms with van der Waals surface area (Å²) in [6.45, 7) is 17.2. The van der Waals surface area contributed by atoms with Crippen molar-refractivity contribution in [3.63, 3.8) is 0 Å². The lowest BCUT2D eigenvalue weighted by molar-refractivity contribution is 0.653. The minimum Gasteiger partial charge on any atom is -0.371 e. The monoisotopic (exact) mass is 612 g/mol. The van der Waals surface area contributed by atoms with Gasteiger partial charge in [-0.05, 0) is 110 Å². The zero-order valence-electron chi connectivity index (χ0n) is 27.5. The van der Waals surface area contributed by atoms with Crippen LogP contribution in [0.25, 0.3) is 0 Å². The van der Waals surface area contributed by atoms with Gasteiger partial charge in [-0.3, -0.25) is 0 Å². The Morgan fingerprint density at radius 1 is 0.565 bits per heavy atom. The fourth-order valence-corrected chi connectivity index (χ4v) is 5.48. The molecule has 0 atom stereocenters. The van der Waals surface area contributed by atoms with Crippen molar-refractivity contribution in [3.05, 3.63) is 121 Å². The molecule has 0 radical (unpaired) electrons. The molecule has 46 heavy (non-hydrogen) atoms. The molecule has 8 heteroatoms. The van der Waals surface area contributed by atoms with E-state index in [0.717, 1.165) is 84.5 Å². The Morgan fingerprint density at radius 3 is 1.26 bits per heavy atom. The molecule has 0 unspecified atom stereocenters. The predicted molar refractivity (Wildman–Crippen MR) is 195 cm³/mol. The molecule has 0 saturated carbocycles. The van der Waals surface area contributed by atoms with Crippen molar-refractivity contribution in [2.45, 2.75) is 13.8 Å². The molecule has 4 aromatic carbocycles. The average Bonchev–Trinajstić information content (AvgIpc) is 3.08. The summed E-state index contributed by atoms with van der Waals surface area (Å²) in [6.07, 6.45) is 3.79. The Labute approximate surface area is 273 Å². The summed E-state index contributed by atoms with van der Waals surface area (Å²) in [4.78, 5) is 9.14. The summed E-state index contributed by atoms with van der Waals surface area (Å²) in [6, 6.07) is 29.1. The van der Waals surface area contributed by atoms with E-state index >= 15 is 0 Å². The van der Waals surface area contributed by atoms with Gasteiger partial charge in [0.15, 0.2) is 0 Å². The molecule has 0 N–H and O–H groups in total. The van der Waals surface area contributed by atoms with Gasteiger partial charge in [0.1, 0.15) is 0 Å². The van der Waals surface area contributed by atoms with E-state index in [1.165, 1.54) is 11.4 Å². The highest BCUT2D eigenvalue weighted by atomic mass is 15.3. The standard InChI is InChI=1S/C38H44N8/c1-7-21-43(5)35-17-19-37(29(3)27-35)41-39-31-9-13-33(14-10-31)45-23-25-46(26-24-45)34-15-11-32(12-16-34)40-42-38-20-18-36(28-30(38)4)44(6)22-8-2/h7-20,27-28H,1-2,21-26H2,3-6H3. The van der Waals surface area contributed by atoms with Gasteiger partial charge >= 0.3 is 0 Å². The zero-order chi connectivity index (χ0) is 32.5. The summed E-state index contributed by atoms with van der Waals surface area (Å²) in [7, 11) is 4.11. The first-order valence-corrected chi connectivity index (χ1v) is 15.7. The Hall–Kier alpha value is -5.24. The van der Waals surface area contributed by atoms with Gasteiger partial charge in [-0.2, -0.15) is 20.5 Å². The van der Waals surface area contributed by atoms with Crippen molar-refractivity contribution >= 4 is 45.5 Å². The van der Waals surface area contributed by atoms with Gasteiger partial charge in [-0.25, -0.2) is 0 Å². The number of benzene rings is 4. The molecule has 8 nitrogen and oxygen atoms in total. The quantitative estimate of drug-likeness (QED) is 0.118. The predicted octanol–water partition coefficient (Wildman–Crippen LogP) is 9.71. The largest absolute Gasteiger partial charge is 0.371 e. The average molecular weight is 613 g/mol. The topological polar surface area (TPSA) is 62.4 Å². The molecule has 0 aromatic heterocycles. The Kier molecular flexibility index (Phi) is 10.6. The molecular formula is C38H44N8. The number of rotatable bonds is 12. The number of hydrogen-bond acceptors (Lipinski definition) is 8. The first-order chi connectivity index (χ1) is 22.3. The van der Waals surface area contributed by atoms with Crippen LogP contribution in [0.5, 0.6) is 0 Å². The Bertz CT molecular complexity index is 1560. The van der Waals surface area contributed by atoms with Gasteiger partial charge in [0.2, 0.25) is 0 Å². The molecule has 5 rings (SSSR count). The molecule has 1 heterocycles. The van der Waals surface area contributed by atoms with E-state index in [4.69, 9.17) is 0 Å². The molecule has 236 valence electrons. The molecule has 0 amide bonds. The van der Waals surface area contributed by atoms with E-state index in [9.17, 15) is 0 Å². The van der Waals surface area contributed by atoms with Crippen LogP contribution in [0.2, 0.25) is 0 Å². The van der Waals surface area contributed by atoms with E-state index in [2.05, 4.69) is 130 Å². The Balaban J connectivity index is 1.13. The number of anilines is 4. The van der Waals surface area contributed by atoms with Crippen molar-refractivity contribution < 1.29 is 0 Å². The molecule has 1 aliphatic rings. The van der Waals surface area contributed by atoms with Crippen LogP contribution in [0, 0.1) is 13.8 Å². The SMILES string of the molecule is C=CCN(C)c1ccc(N=Nc2ccc(N3CCN(c4ccc(N=Nc5ccc(N(C)CC=C)cc5C)cc4)CC3)cc2)c(C)c1. The first-order valence-electron chi connectivity index (χ1n) is 15.7.